The molecule has 1 aliphatic heterocycles. The van der Waals surface area contributed by atoms with Crippen molar-refractivity contribution in [3.8, 4) is 0 Å². The zero-order valence-corrected chi connectivity index (χ0v) is 6.63. The molecule has 1 amide bonds. The zero-order chi connectivity index (χ0) is 8.43. The lowest BCUT2D eigenvalue weighted by Gasteiger charge is -2.13. The van der Waals surface area contributed by atoms with Crippen molar-refractivity contribution in [1.29, 1.82) is 0 Å². The highest BCUT2D eigenvalue weighted by Crippen LogP contribution is 2.18. The second-order valence-electron chi connectivity index (χ2n) is 2.51. The minimum atomic E-state index is 0.0606. The third-order valence-electron chi connectivity index (χ3n) is 1.88. The van der Waals surface area contributed by atoms with E-state index in [1.165, 1.54) is 0 Å². The third-order valence-corrected chi connectivity index (χ3v) is 1.88. The first-order valence-electron chi connectivity index (χ1n) is 3.68. The van der Waals surface area contributed by atoms with Gasteiger partial charge in [-0.2, -0.15) is 0 Å². The molecule has 62 valence electrons. The Bertz CT molecular complexity index is 210. The van der Waals surface area contributed by atoms with Gasteiger partial charge in [0.15, 0.2) is 0 Å². The topological polar surface area (TPSA) is 72.3 Å². The molecule has 0 aromatic heterocycles. The molecule has 0 bridgehead atoms. The van der Waals surface area contributed by atoms with Crippen LogP contribution in [0, 0.1) is 0 Å². The fourth-order valence-electron chi connectivity index (χ4n) is 1.22. The van der Waals surface area contributed by atoms with Gasteiger partial charge in [-0.15, -0.1) is 0 Å². The minimum absolute atomic E-state index is 0.0606. The first kappa shape index (κ1) is 8.07. The molecule has 4 heteroatoms. The predicted molar refractivity (Wildman–Crippen MR) is 42.3 cm³/mol. The predicted octanol–water partition coefficient (Wildman–Crippen LogP) is -0.632. The van der Waals surface area contributed by atoms with Crippen molar-refractivity contribution in [3.05, 3.63) is 11.4 Å². The van der Waals surface area contributed by atoms with Gasteiger partial charge in [0.25, 0.3) is 0 Å². The quantitative estimate of drug-likeness (QED) is 0.557. The maximum Gasteiger partial charge on any atom is 0.232 e. The van der Waals surface area contributed by atoms with Crippen molar-refractivity contribution in [3.63, 3.8) is 0 Å². The summed E-state index contributed by atoms with van der Waals surface area (Å²) in [5.41, 5.74) is 11.9. The van der Waals surface area contributed by atoms with Crippen LogP contribution < -0.4 is 11.5 Å². The summed E-state index contributed by atoms with van der Waals surface area (Å²) >= 11 is 0. The van der Waals surface area contributed by atoms with Crippen LogP contribution in [0.25, 0.3) is 0 Å². The van der Waals surface area contributed by atoms with E-state index in [0.29, 0.717) is 25.3 Å². The Labute approximate surface area is 65.8 Å². The summed E-state index contributed by atoms with van der Waals surface area (Å²) < 4.78 is 0. The van der Waals surface area contributed by atoms with E-state index in [-0.39, 0.29) is 5.91 Å². The largest absolute Gasteiger partial charge is 0.385 e. The third kappa shape index (κ3) is 1.21. The van der Waals surface area contributed by atoms with E-state index in [9.17, 15) is 4.79 Å². The molecule has 0 unspecified atom stereocenters. The summed E-state index contributed by atoms with van der Waals surface area (Å²) in [6, 6.07) is 0. The molecule has 1 aliphatic rings. The van der Waals surface area contributed by atoms with E-state index in [2.05, 4.69) is 0 Å². The number of rotatable bonds is 2. The van der Waals surface area contributed by atoms with Gasteiger partial charge in [0, 0.05) is 13.1 Å². The van der Waals surface area contributed by atoms with Crippen molar-refractivity contribution in [2.75, 3.05) is 13.1 Å². The monoisotopic (exact) mass is 155 g/mol. The second kappa shape index (κ2) is 2.92. The van der Waals surface area contributed by atoms with Gasteiger partial charge in [0.1, 0.15) is 5.82 Å². The van der Waals surface area contributed by atoms with E-state index in [0.717, 1.165) is 5.57 Å². The van der Waals surface area contributed by atoms with Crippen LogP contribution in [0.5, 0.6) is 0 Å². The van der Waals surface area contributed by atoms with Crippen molar-refractivity contribution in [2.24, 2.45) is 11.5 Å². The molecule has 11 heavy (non-hydrogen) atoms. The van der Waals surface area contributed by atoms with Crippen LogP contribution in [-0.4, -0.2) is 23.9 Å². The smallest absolute Gasteiger partial charge is 0.232 e. The highest BCUT2D eigenvalue weighted by Gasteiger charge is 2.25. The number of hydrogen-bond acceptors (Lipinski definition) is 3. The standard InChI is InChI=1S/C7H13N3O/c1-2-10-6(11)3-5(4-8)7(10)9/h2-4,8-9H2,1H3. The molecule has 0 saturated carbocycles. The van der Waals surface area contributed by atoms with Gasteiger partial charge in [-0.1, -0.05) is 0 Å². The summed E-state index contributed by atoms with van der Waals surface area (Å²) in [5, 5.41) is 0. The van der Waals surface area contributed by atoms with Gasteiger partial charge in [0.05, 0.1) is 6.42 Å². The highest BCUT2D eigenvalue weighted by atomic mass is 16.2. The second-order valence-corrected chi connectivity index (χ2v) is 2.51. The van der Waals surface area contributed by atoms with Crippen molar-refractivity contribution < 1.29 is 4.79 Å². The number of nitrogens with zero attached hydrogens (tertiary/aromatic N) is 1. The van der Waals surface area contributed by atoms with E-state index in [1.807, 2.05) is 6.92 Å². The lowest BCUT2D eigenvalue weighted by Crippen LogP contribution is -2.28. The average molecular weight is 155 g/mol. The van der Waals surface area contributed by atoms with Gasteiger partial charge < -0.3 is 11.5 Å². The van der Waals surface area contributed by atoms with Crippen LogP contribution in [0.2, 0.25) is 0 Å². The van der Waals surface area contributed by atoms with Gasteiger partial charge >= 0.3 is 0 Å². The number of amides is 1. The van der Waals surface area contributed by atoms with Crippen molar-refractivity contribution in [2.45, 2.75) is 13.3 Å². The Hall–Kier alpha value is -1.03. The van der Waals surface area contributed by atoms with Crippen LogP contribution >= 0.6 is 0 Å². The molecular weight excluding hydrogens is 142 g/mol. The lowest BCUT2D eigenvalue weighted by atomic mass is 10.2. The summed E-state index contributed by atoms with van der Waals surface area (Å²) in [6.45, 7) is 2.91. The van der Waals surface area contributed by atoms with Crippen LogP contribution in [0.1, 0.15) is 13.3 Å². The zero-order valence-electron chi connectivity index (χ0n) is 6.63. The first-order valence-corrected chi connectivity index (χ1v) is 3.68. The first-order chi connectivity index (χ1) is 5.20. The Kier molecular flexibility index (Phi) is 2.14. The number of carbonyl (C=O) groups is 1. The molecular formula is C7H13N3O. The Morgan fingerprint density at radius 1 is 1.64 bits per heavy atom. The molecule has 0 radical (unpaired) electrons. The molecule has 4 nitrogen and oxygen atoms in total. The minimum Gasteiger partial charge on any atom is -0.385 e. The number of nitrogens with two attached hydrogens (primary N) is 2. The maximum absolute atomic E-state index is 11.1. The Balaban J connectivity index is 2.82. The van der Waals surface area contributed by atoms with E-state index < -0.39 is 0 Å². The van der Waals surface area contributed by atoms with Gasteiger partial charge in [-0.3, -0.25) is 9.69 Å². The maximum atomic E-state index is 11.1. The molecule has 0 aromatic carbocycles. The number of carbonyl (C=O) groups excluding carboxylic acids is 1. The van der Waals surface area contributed by atoms with E-state index >= 15 is 0 Å². The van der Waals surface area contributed by atoms with Crippen molar-refractivity contribution in [1.82, 2.24) is 4.90 Å². The van der Waals surface area contributed by atoms with Gasteiger partial charge in [-0.25, -0.2) is 0 Å². The average Bonchev–Trinajstić information content (AvgIpc) is 2.26. The van der Waals surface area contributed by atoms with Crippen LogP contribution in [0.3, 0.4) is 0 Å². The Morgan fingerprint density at radius 3 is 2.55 bits per heavy atom. The summed E-state index contributed by atoms with van der Waals surface area (Å²) in [5.74, 6) is 0.616. The Morgan fingerprint density at radius 2 is 2.27 bits per heavy atom. The van der Waals surface area contributed by atoms with Crippen molar-refractivity contribution >= 4 is 5.91 Å². The fraction of sp³-hybridized carbons (Fsp3) is 0.571. The lowest BCUT2D eigenvalue weighted by molar-refractivity contribution is -0.127. The molecule has 0 fully saturated rings. The summed E-state index contributed by atoms with van der Waals surface area (Å²) in [6.07, 6.45) is 0.399. The SMILES string of the molecule is CCN1C(=O)CC(CN)=C1N. The normalized spacial score (nSPS) is 18.4. The van der Waals surface area contributed by atoms with Crippen LogP contribution in [0.4, 0.5) is 0 Å². The van der Waals surface area contributed by atoms with Gasteiger partial charge in [-0.05, 0) is 12.5 Å². The molecule has 0 aliphatic carbocycles. The van der Waals surface area contributed by atoms with Gasteiger partial charge in [0.2, 0.25) is 5.91 Å². The van der Waals surface area contributed by atoms with E-state index in [1.54, 1.807) is 4.90 Å². The highest BCUT2D eigenvalue weighted by molar-refractivity contribution is 5.84. The fourth-order valence-corrected chi connectivity index (χ4v) is 1.22. The van der Waals surface area contributed by atoms with Crippen LogP contribution in [-0.2, 0) is 4.79 Å². The molecule has 0 aromatic rings. The molecule has 4 N–H and O–H groups in total. The molecule has 0 spiro atoms. The molecule has 0 atom stereocenters. The molecule has 1 heterocycles. The number of hydrogen-bond donors (Lipinski definition) is 2. The summed E-state index contributed by atoms with van der Waals surface area (Å²) in [7, 11) is 0. The van der Waals surface area contributed by atoms with E-state index in [4.69, 9.17) is 11.5 Å². The summed E-state index contributed by atoms with van der Waals surface area (Å²) in [4.78, 5) is 12.7. The molecule has 1 rings (SSSR count). The molecule has 0 saturated heterocycles. The van der Waals surface area contributed by atoms with Crippen LogP contribution in [0.15, 0.2) is 11.4 Å².